The number of benzene rings is 2. The van der Waals surface area contributed by atoms with Gasteiger partial charge in [-0.2, -0.15) is 0 Å². The first-order valence-electron chi connectivity index (χ1n) is 7.46. The zero-order chi connectivity index (χ0) is 16.4. The first-order chi connectivity index (χ1) is 11.2. The molecular formula is C18H17ClN2O2. The fourth-order valence-electron chi connectivity index (χ4n) is 2.60. The van der Waals surface area contributed by atoms with Gasteiger partial charge in [-0.25, -0.2) is 4.98 Å². The maximum Gasteiger partial charge on any atom is 0.266 e. The first kappa shape index (κ1) is 15.6. The van der Waals surface area contributed by atoms with Gasteiger partial charge in [-0.15, -0.1) is 11.6 Å². The number of fused-ring (bicyclic) bond motifs is 1. The summed E-state index contributed by atoms with van der Waals surface area (Å²) in [5, 5.41) is 0.574. The Morgan fingerprint density at radius 2 is 2.00 bits per heavy atom. The highest BCUT2D eigenvalue weighted by molar-refractivity contribution is 6.16. The molecule has 0 bridgehead atoms. The van der Waals surface area contributed by atoms with Crippen LogP contribution in [-0.4, -0.2) is 16.2 Å². The van der Waals surface area contributed by atoms with E-state index in [0.717, 1.165) is 5.56 Å². The summed E-state index contributed by atoms with van der Waals surface area (Å²) in [6, 6.07) is 13.0. The number of halogens is 1. The number of para-hydroxylation sites is 2. The zero-order valence-corrected chi connectivity index (χ0v) is 13.8. The van der Waals surface area contributed by atoms with E-state index in [9.17, 15) is 4.79 Å². The molecule has 0 N–H and O–H groups in total. The lowest BCUT2D eigenvalue weighted by Gasteiger charge is -2.15. The Morgan fingerprint density at radius 1 is 1.22 bits per heavy atom. The zero-order valence-electron chi connectivity index (χ0n) is 13.0. The molecule has 5 heteroatoms. The highest BCUT2D eigenvalue weighted by Gasteiger charge is 2.15. The van der Waals surface area contributed by atoms with Crippen LogP contribution in [0.1, 0.15) is 18.3 Å². The summed E-state index contributed by atoms with van der Waals surface area (Å²) in [5.74, 6) is 1.27. The van der Waals surface area contributed by atoms with E-state index in [1.165, 1.54) is 0 Å². The smallest absolute Gasteiger partial charge is 0.266 e. The molecule has 0 saturated heterocycles. The van der Waals surface area contributed by atoms with Crippen LogP contribution in [0.15, 0.2) is 47.3 Å². The van der Waals surface area contributed by atoms with Crippen LogP contribution in [-0.2, 0) is 5.88 Å². The molecule has 118 valence electrons. The van der Waals surface area contributed by atoms with E-state index in [0.29, 0.717) is 34.8 Å². The third-order valence-electron chi connectivity index (χ3n) is 3.62. The van der Waals surface area contributed by atoms with Crippen LogP contribution in [0.3, 0.4) is 0 Å². The molecule has 0 fully saturated rings. The van der Waals surface area contributed by atoms with Crippen molar-refractivity contribution in [2.24, 2.45) is 0 Å². The molecule has 4 nitrogen and oxygen atoms in total. The van der Waals surface area contributed by atoms with E-state index >= 15 is 0 Å². The third-order valence-corrected chi connectivity index (χ3v) is 3.86. The van der Waals surface area contributed by atoms with Crippen LogP contribution in [0.4, 0.5) is 0 Å². The molecule has 3 aromatic rings. The number of nitrogens with zero attached hydrogens (tertiary/aromatic N) is 2. The number of aromatic nitrogens is 2. The number of hydrogen-bond donors (Lipinski definition) is 0. The quantitative estimate of drug-likeness (QED) is 0.684. The molecule has 0 saturated carbocycles. The van der Waals surface area contributed by atoms with Crippen LogP contribution < -0.4 is 10.3 Å². The lowest BCUT2D eigenvalue weighted by Crippen LogP contribution is -2.24. The van der Waals surface area contributed by atoms with Crippen LogP contribution >= 0.6 is 11.6 Å². The van der Waals surface area contributed by atoms with Crippen LogP contribution in [0.25, 0.3) is 16.6 Å². The molecule has 1 heterocycles. The Labute approximate surface area is 139 Å². The summed E-state index contributed by atoms with van der Waals surface area (Å²) in [5.41, 5.74) is 2.19. The van der Waals surface area contributed by atoms with Crippen LogP contribution in [0.2, 0.25) is 0 Å². The summed E-state index contributed by atoms with van der Waals surface area (Å²) in [6.45, 7) is 4.37. The lowest BCUT2D eigenvalue weighted by molar-refractivity contribution is 0.338. The minimum atomic E-state index is -0.137. The monoisotopic (exact) mass is 328 g/mol. The number of aryl methyl sites for hydroxylation is 1. The number of alkyl halides is 1. The molecule has 2 aromatic carbocycles. The largest absolute Gasteiger partial charge is 0.492 e. The van der Waals surface area contributed by atoms with Gasteiger partial charge in [0.15, 0.2) is 0 Å². The maximum atomic E-state index is 13.0. The molecule has 0 aliphatic rings. The average Bonchev–Trinajstić information content (AvgIpc) is 2.56. The molecular weight excluding hydrogens is 312 g/mol. The van der Waals surface area contributed by atoms with Gasteiger partial charge in [0.05, 0.1) is 29.1 Å². The van der Waals surface area contributed by atoms with E-state index in [2.05, 4.69) is 4.98 Å². The standard InChI is InChI=1S/C18H17ClN2O2/c1-3-23-16-7-5-4-6-15(16)21-17(11-19)20-14-9-8-12(2)10-13(14)18(21)22/h4-10H,3,11H2,1-2H3. The van der Waals surface area contributed by atoms with Crippen molar-refractivity contribution < 1.29 is 4.74 Å². The molecule has 0 aliphatic heterocycles. The fourth-order valence-corrected chi connectivity index (χ4v) is 2.78. The van der Waals surface area contributed by atoms with Crippen molar-refractivity contribution in [3.8, 4) is 11.4 Å². The Morgan fingerprint density at radius 3 is 2.74 bits per heavy atom. The Hall–Kier alpha value is -2.33. The second-order valence-electron chi connectivity index (χ2n) is 5.22. The normalized spacial score (nSPS) is 10.9. The van der Waals surface area contributed by atoms with Crippen molar-refractivity contribution in [1.29, 1.82) is 0 Å². The SMILES string of the molecule is CCOc1ccccc1-n1c(CCl)nc2ccc(C)cc2c1=O. The van der Waals surface area contributed by atoms with E-state index in [1.54, 1.807) is 4.57 Å². The molecule has 23 heavy (non-hydrogen) atoms. The van der Waals surface area contributed by atoms with Gasteiger partial charge in [-0.1, -0.05) is 23.8 Å². The number of rotatable bonds is 4. The van der Waals surface area contributed by atoms with E-state index in [-0.39, 0.29) is 11.4 Å². The molecule has 3 rings (SSSR count). The average molecular weight is 329 g/mol. The lowest BCUT2D eigenvalue weighted by atomic mass is 10.1. The van der Waals surface area contributed by atoms with Crippen molar-refractivity contribution >= 4 is 22.5 Å². The van der Waals surface area contributed by atoms with Crippen molar-refractivity contribution in [1.82, 2.24) is 9.55 Å². The van der Waals surface area contributed by atoms with Gasteiger partial charge >= 0.3 is 0 Å². The van der Waals surface area contributed by atoms with Crippen LogP contribution in [0.5, 0.6) is 5.75 Å². The summed E-state index contributed by atoms with van der Waals surface area (Å²) in [7, 11) is 0. The molecule has 0 unspecified atom stereocenters. The van der Waals surface area contributed by atoms with Gasteiger partial charge in [0.1, 0.15) is 11.6 Å². The first-order valence-corrected chi connectivity index (χ1v) is 7.99. The van der Waals surface area contributed by atoms with E-state index < -0.39 is 0 Å². The highest BCUT2D eigenvalue weighted by Crippen LogP contribution is 2.24. The minimum absolute atomic E-state index is 0.137. The molecule has 0 amide bonds. The van der Waals surface area contributed by atoms with Crippen LogP contribution in [0, 0.1) is 6.92 Å². The topological polar surface area (TPSA) is 44.1 Å². The van der Waals surface area contributed by atoms with Gasteiger partial charge < -0.3 is 4.74 Å². The summed E-state index contributed by atoms with van der Waals surface area (Å²) >= 11 is 6.05. The predicted octanol–water partition coefficient (Wildman–Crippen LogP) is 3.83. The van der Waals surface area contributed by atoms with Crippen molar-refractivity contribution in [2.75, 3.05) is 6.61 Å². The maximum absolute atomic E-state index is 13.0. The second-order valence-corrected chi connectivity index (χ2v) is 5.49. The van der Waals surface area contributed by atoms with Gasteiger partial charge in [-0.05, 0) is 38.1 Å². The predicted molar refractivity (Wildman–Crippen MR) is 92.8 cm³/mol. The molecule has 0 spiro atoms. The summed E-state index contributed by atoms with van der Waals surface area (Å²) in [6.07, 6.45) is 0. The summed E-state index contributed by atoms with van der Waals surface area (Å²) < 4.78 is 7.19. The van der Waals surface area contributed by atoms with Crippen molar-refractivity contribution in [3.63, 3.8) is 0 Å². The van der Waals surface area contributed by atoms with Gasteiger partial charge in [-0.3, -0.25) is 9.36 Å². The third kappa shape index (κ3) is 2.82. The van der Waals surface area contributed by atoms with E-state index in [1.807, 2.05) is 56.3 Å². The van der Waals surface area contributed by atoms with E-state index in [4.69, 9.17) is 16.3 Å². The number of hydrogen-bond acceptors (Lipinski definition) is 3. The fraction of sp³-hybridized carbons (Fsp3) is 0.222. The Balaban J connectivity index is 2.37. The second kappa shape index (κ2) is 6.42. The number of ether oxygens (including phenoxy) is 1. The minimum Gasteiger partial charge on any atom is -0.492 e. The highest BCUT2D eigenvalue weighted by atomic mass is 35.5. The summed E-state index contributed by atoms with van der Waals surface area (Å²) in [4.78, 5) is 17.6. The molecule has 1 aromatic heterocycles. The van der Waals surface area contributed by atoms with Crippen molar-refractivity contribution in [2.45, 2.75) is 19.7 Å². The van der Waals surface area contributed by atoms with Gasteiger partial charge in [0.25, 0.3) is 5.56 Å². The Bertz CT molecular complexity index is 919. The molecule has 0 radical (unpaired) electrons. The van der Waals surface area contributed by atoms with Gasteiger partial charge in [0, 0.05) is 0 Å². The Kier molecular flexibility index (Phi) is 4.35. The molecule has 0 aliphatic carbocycles. The van der Waals surface area contributed by atoms with Gasteiger partial charge in [0.2, 0.25) is 0 Å². The molecule has 0 atom stereocenters. The van der Waals surface area contributed by atoms with Crippen molar-refractivity contribution in [3.05, 3.63) is 64.2 Å².